The summed E-state index contributed by atoms with van der Waals surface area (Å²) >= 11 is 0. The third-order valence-corrected chi connectivity index (χ3v) is 3.55. The normalized spacial score (nSPS) is 12.2. The third-order valence-electron chi connectivity index (χ3n) is 3.55. The molecule has 1 aromatic carbocycles. The van der Waals surface area contributed by atoms with E-state index in [2.05, 4.69) is 15.3 Å². The molecule has 2 aromatic heterocycles. The predicted molar refractivity (Wildman–Crippen MR) is 83.9 cm³/mol. The highest BCUT2D eigenvalue weighted by atomic mass is 19.4. The zero-order valence-electron chi connectivity index (χ0n) is 13.2. The molecule has 0 aliphatic rings. The summed E-state index contributed by atoms with van der Waals surface area (Å²) in [6.07, 6.45) is -10.1. The highest BCUT2D eigenvalue weighted by molar-refractivity contribution is 6.04. The lowest BCUT2D eigenvalue weighted by atomic mass is 10.1. The minimum Gasteiger partial charge on any atom is -0.306 e. The van der Waals surface area contributed by atoms with E-state index in [9.17, 15) is 31.1 Å². The van der Waals surface area contributed by atoms with Gasteiger partial charge in [-0.05, 0) is 30.3 Å². The van der Waals surface area contributed by atoms with Gasteiger partial charge in [0.15, 0.2) is 5.65 Å². The summed E-state index contributed by atoms with van der Waals surface area (Å²) in [5, 5.41) is 1.71. The summed E-state index contributed by atoms with van der Waals surface area (Å²) in [6, 6.07) is 9.74. The van der Waals surface area contributed by atoms with E-state index >= 15 is 0 Å². The number of hydrogen-bond acceptors (Lipinski definition) is 3. The van der Waals surface area contributed by atoms with E-state index in [-0.39, 0.29) is 17.4 Å². The Kier molecular flexibility index (Phi) is 4.50. The molecule has 1 N–H and O–H groups in total. The number of rotatable bonds is 2. The standard InChI is InChI=1S/C17H9F6N3O/c18-16(19,20)11-8-12(17(21,22)23)24-14-10(11)6-7-13(25-14)26-15(27)9-4-2-1-3-5-9/h1-8H,(H,24,25,26,27). The van der Waals surface area contributed by atoms with Gasteiger partial charge >= 0.3 is 12.4 Å². The first kappa shape index (κ1) is 18.6. The van der Waals surface area contributed by atoms with Gasteiger partial charge in [-0.2, -0.15) is 26.3 Å². The largest absolute Gasteiger partial charge is 0.433 e. The van der Waals surface area contributed by atoms with Gasteiger partial charge in [-0.1, -0.05) is 18.2 Å². The molecule has 0 fully saturated rings. The van der Waals surface area contributed by atoms with Crippen molar-refractivity contribution < 1.29 is 31.1 Å². The SMILES string of the molecule is O=C(Nc1ccc2c(C(F)(F)F)cc(C(F)(F)F)nc2n1)c1ccccc1. The number of fused-ring (bicyclic) bond motifs is 1. The monoisotopic (exact) mass is 385 g/mol. The first-order valence-corrected chi connectivity index (χ1v) is 7.38. The van der Waals surface area contributed by atoms with E-state index in [4.69, 9.17) is 0 Å². The number of halogens is 6. The highest BCUT2D eigenvalue weighted by Gasteiger charge is 2.39. The smallest absolute Gasteiger partial charge is 0.306 e. The molecule has 0 saturated carbocycles. The van der Waals surface area contributed by atoms with Crippen molar-refractivity contribution in [2.45, 2.75) is 12.4 Å². The van der Waals surface area contributed by atoms with Crippen LogP contribution < -0.4 is 5.32 Å². The molecule has 0 unspecified atom stereocenters. The van der Waals surface area contributed by atoms with Gasteiger partial charge in [0, 0.05) is 10.9 Å². The number of pyridine rings is 2. The quantitative estimate of drug-likeness (QED) is 0.637. The first-order valence-electron chi connectivity index (χ1n) is 7.38. The number of aromatic nitrogens is 2. The number of benzene rings is 1. The summed E-state index contributed by atoms with van der Waals surface area (Å²) < 4.78 is 78.0. The second-order valence-corrected chi connectivity index (χ2v) is 5.44. The van der Waals surface area contributed by atoms with Crippen LogP contribution in [0.1, 0.15) is 21.6 Å². The number of alkyl halides is 6. The molecule has 10 heteroatoms. The topological polar surface area (TPSA) is 54.9 Å². The Balaban J connectivity index is 2.07. The van der Waals surface area contributed by atoms with Crippen LogP contribution >= 0.6 is 0 Å². The predicted octanol–water partition coefficient (Wildman–Crippen LogP) is 4.92. The zero-order valence-corrected chi connectivity index (χ0v) is 13.2. The van der Waals surface area contributed by atoms with Crippen LogP contribution in [0.5, 0.6) is 0 Å². The van der Waals surface area contributed by atoms with E-state index in [0.29, 0.717) is 0 Å². The molecule has 0 radical (unpaired) electrons. The van der Waals surface area contributed by atoms with E-state index in [1.807, 2.05) is 0 Å². The van der Waals surface area contributed by atoms with Gasteiger partial charge in [0.05, 0.1) is 5.56 Å². The summed E-state index contributed by atoms with van der Waals surface area (Å²) in [5.74, 6) is -0.846. The Labute approximate surface area is 147 Å². The molecule has 4 nitrogen and oxygen atoms in total. The summed E-state index contributed by atoms with van der Waals surface area (Å²) in [7, 11) is 0. The molecule has 140 valence electrons. The molecule has 27 heavy (non-hydrogen) atoms. The average molecular weight is 385 g/mol. The van der Waals surface area contributed by atoms with Gasteiger partial charge in [-0.3, -0.25) is 4.79 Å². The summed E-state index contributed by atoms with van der Waals surface area (Å²) in [5.41, 5.74) is -3.76. The molecule has 3 rings (SSSR count). The van der Waals surface area contributed by atoms with Crippen molar-refractivity contribution in [1.82, 2.24) is 9.97 Å². The molecule has 2 heterocycles. The van der Waals surface area contributed by atoms with Crippen molar-refractivity contribution in [3.05, 3.63) is 65.4 Å². The van der Waals surface area contributed by atoms with Crippen LogP contribution in [0, 0.1) is 0 Å². The first-order chi connectivity index (χ1) is 12.6. The number of anilines is 1. The van der Waals surface area contributed by atoms with Crippen LogP contribution in [0.4, 0.5) is 32.2 Å². The minimum absolute atomic E-state index is 0.0633. The summed E-state index contributed by atoms with van der Waals surface area (Å²) in [6.45, 7) is 0. The molecule has 0 aliphatic heterocycles. The molecule has 3 aromatic rings. The van der Waals surface area contributed by atoms with E-state index in [1.54, 1.807) is 18.2 Å². The lowest BCUT2D eigenvalue weighted by Crippen LogP contribution is -2.15. The molecule has 1 amide bonds. The third kappa shape index (κ3) is 3.99. The van der Waals surface area contributed by atoms with E-state index in [1.165, 1.54) is 12.1 Å². The molecular formula is C17H9F6N3O. The fourth-order valence-electron chi connectivity index (χ4n) is 2.33. The van der Waals surface area contributed by atoms with Gasteiger partial charge in [-0.15, -0.1) is 0 Å². The van der Waals surface area contributed by atoms with Crippen LogP contribution in [0.2, 0.25) is 0 Å². The van der Waals surface area contributed by atoms with Crippen molar-refractivity contribution in [3.63, 3.8) is 0 Å². The lowest BCUT2D eigenvalue weighted by Gasteiger charge is -2.14. The Morgan fingerprint density at radius 1 is 0.852 bits per heavy atom. The van der Waals surface area contributed by atoms with Crippen LogP contribution in [0.15, 0.2) is 48.5 Å². The Bertz CT molecular complexity index is 999. The molecule has 0 atom stereocenters. The molecule has 0 bridgehead atoms. The van der Waals surface area contributed by atoms with Crippen LogP contribution in [-0.4, -0.2) is 15.9 Å². The van der Waals surface area contributed by atoms with Gasteiger partial charge < -0.3 is 5.32 Å². The molecule has 0 aliphatic carbocycles. The fraction of sp³-hybridized carbons (Fsp3) is 0.118. The maximum Gasteiger partial charge on any atom is 0.433 e. The number of nitrogens with zero attached hydrogens (tertiary/aromatic N) is 2. The number of amides is 1. The Hall–Kier alpha value is -3.17. The van der Waals surface area contributed by atoms with Crippen molar-refractivity contribution in [2.75, 3.05) is 5.32 Å². The lowest BCUT2D eigenvalue weighted by molar-refractivity contribution is -0.144. The van der Waals surface area contributed by atoms with E-state index < -0.39 is 40.6 Å². The van der Waals surface area contributed by atoms with Crippen molar-refractivity contribution >= 4 is 22.8 Å². The van der Waals surface area contributed by atoms with Gasteiger partial charge in [-0.25, -0.2) is 9.97 Å². The zero-order chi connectivity index (χ0) is 19.8. The summed E-state index contributed by atoms with van der Waals surface area (Å²) in [4.78, 5) is 18.9. The second kappa shape index (κ2) is 6.53. The van der Waals surface area contributed by atoms with E-state index in [0.717, 1.165) is 12.1 Å². The molecule has 0 spiro atoms. The van der Waals surface area contributed by atoms with Crippen molar-refractivity contribution in [3.8, 4) is 0 Å². The van der Waals surface area contributed by atoms with Gasteiger partial charge in [0.2, 0.25) is 0 Å². The van der Waals surface area contributed by atoms with Crippen molar-refractivity contribution in [2.24, 2.45) is 0 Å². The maximum atomic E-state index is 13.1. The highest BCUT2D eigenvalue weighted by Crippen LogP contribution is 2.38. The van der Waals surface area contributed by atoms with Crippen LogP contribution in [0.25, 0.3) is 11.0 Å². The number of carbonyl (C=O) groups excluding carboxylic acids is 1. The molecular weight excluding hydrogens is 376 g/mol. The number of nitrogens with one attached hydrogen (secondary N) is 1. The van der Waals surface area contributed by atoms with Crippen LogP contribution in [-0.2, 0) is 12.4 Å². The molecule has 0 saturated heterocycles. The average Bonchev–Trinajstić information content (AvgIpc) is 2.59. The minimum atomic E-state index is -5.08. The second-order valence-electron chi connectivity index (χ2n) is 5.44. The Morgan fingerprint density at radius 2 is 1.52 bits per heavy atom. The number of carbonyl (C=O) groups is 1. The van der Waals surface area contributed by atoms with Gasteiger partial charge in [0.1, 0.15) is 11.5 Å². The maximum absolute atomic E-state index is 13.1. The fourth-order valence-corrected chi connectivity index (χ4v) is 2.33. The van der Waals surface area contributed by atoms with Crippen molar-refractivity contribution in [1.29, 1.82) is 0 Å². The number of hydrogen-bond donors (Lipinski definition) is 1. The van der Waals surface area contributed by atoms with Gasteiger partial charge in [0.25, 0.3) is 5.91 Å². The van der Waals surface area contributed by atoms with Crippen LogP contribution in [0.3, 0.4) is 0 Å². The Morgan fingerprint density at radius 3 is 2.11 bits per heavy atom.